The SMILES string of the molecule is O=C1C(N(CO)C(=O)NCO)N(CO)C(=O)N1CO.[NaH].[NaH].[NaH]. The van der Waals surface area contributed by atoms with Gasteiger partial charge >= 0.3 is 101 Å². The van der Waals surface area contributed by atoms with Crippen LogP contribution in [0.1, 0.15) is 0 Å². The molecule has 1 heterocycles. The van der Waals surface area contributed by atoms with Crippen molar-refractivity contribution < 1.29 is 34.8 Å². The first-order chi connectivity index (χ1) is 9.03. The normalized spacial score (nSPS) is 16.5. The first kappa shape index (κ1) is 27.9. The number of nitrogens with one attached hydrogen (secondary N) is 1. The Labute approximate surface area is 192 Å². The molecule has 1 aliphatic heterocycles. The number of imide groups is 1. The molecule has 11 nitrogen and oxygen atoms in total. The minimum absolute atomic E-state index is 0. The summed E-state index contributed by atoms with van der Waals surface area (Å²) in [5.41, 5.74) is 0. The molecule has 1 atom stereocenters. The van der Waals surface area contributed by atoms with Crippen molar-refractivity contribution in [2.45, 2.75) is 6.17 Å². The van der Waals surface area contributed by atoms with Gasteiger partial charge in [-0.15, -0.1) is 0 Å². The number of hydrogen-bond acceptors (Lipinski definition) is 7. The average Bonchev–Trinajstić information content (AvgIpc) is 2.62. The number of amides is 5. The van der Waals surface area contributed by atoms with Crippen LogP contribution in [0.15, 0.2) is 0 Å². The summed E-state index contributed by atoms with van der Waals surface area (Å²) in [6, 6.07) is -2.02. The molecule has 1 rings (SSSR count). The molecule has 5 amide bonds. The van der Waals surface area contributed by atoms with Crippen LogP contribution in [0.25, 0.3) is 0 Å². The van der Waals surface area contributed by atoms with E-state index >= 15 is 0 Å². The molecule has 1 unspecified atom stereocenters. The van der Waals surface area contributed by atoms with Crippen LogP contribution in [0, 0.1) is 0 Å². The summed E-state index contributed by atoms with van der Waals surface area (Å²) < 4.78 is 0. The van der Waals surface area contributed by atoms with Crippen molar-refractivity contribution in [2.24, 2.45) is 0 Å². The molecule has 14 heteroatoms. The molecule has 5 N–H and O–H groups in total. The van der Waals surface area contributed by atoms with Gasteiger partial charge in [0, 0.05) is 0 Å². The number of aliphatic hydroxyl groups is 4. The molecule has 0 aliphatic carbocycles. The van der Waals surface area contributed by atoms with Crippen molar-refractivity contribution in [1.29, 1.82) is 0 Å². The minimum atomic E-state index is -1.60. The van der Waals surface area contributed by atoms with Crippen molar-refractivity contribution in [3.63, 3.8) is 0 Å². The van der Waals surface area contributed by atoms with Gasteiger partial charge in [0.2, 0.25) is 0 Å². The summed E-state index contributed by atoms with van der Waals surface area (Å²) >= 11 is 0. The van der Waals surface area contributed by atoms with E-state index < -0.39 is 51.1 Å². The first-order valence-electron chi connectivity index (χ1n) is 5.13. The number of aliphatic hydroxyl groups excluding tert-OH is 4. The monoisotopic (exact) mass is 350 g/mol. The maximum absolute atomic E-state index is 11.8. The summed E-state index contributed by atoms with van der Waals surface area (Å²) in [6.45, 7) is -3.50. The first-order valence-corrected chi connectivity index (χ1v) is 5.13. The Balaban J connectivity index is -0.00000120. The Morgan fingerprint density at radius 3 is 2.00 bits per heavy atom. The van der Waals surface area contributed by atoms with Crippen molar-refractivity contribution in [2.75, 3.05) is 26.9 Å². The fourth-order valence-corrected chi connectivity index (χ4v) is 1.62. The van der Waals surface area contributed by atoms with Crippen molar-refractivity contribution >= 4 is 107 Å². The zero-order valence-electron chi connectivity index (χ0n) is 9.76. The Morgan fingerprint density at radius 2 is 1.64 bits per heavy atom. The molecule has 1 saturated heterocycles. The zero-order chi connectivity index (χ0) is 14.6. The molecular formula is C8H17N4Na3O7. The van der Waals surface area contributed by atoms with Gasteiger partial charge in [-0.2, -0.15) is 0 Å². The third-order valence-electron chi connectivity index (χ3n) is 2.49. The fourth-order valence-electron chi connectivity index (χ4n) is 1.62. The summed E-state index contributed by atoms with van der Waals surface area (Å²) in [4.78, 5) is 36.4. The van der Waals surface area contributed by atoms with Crippen molar-refractivity contribution in [3.8, 4) is 0 Å². The summed E-state index contributed by atoms with van der Waals surface area (Å²) in [5, 5.41) is 37.5. The Kier molecular flexibility index (Phi) is 16.9. The Bertz CT molecular complexity index is 389. The van der Waals surface area contributed by atoms with Gasteiger partial charge in [0.25, 0.3) is 5.91 Å². The summed E-state index contributed by atoms with van der Waals surface area (Å²) in [7, 11) is 0. The molecule has 0 saturated carbocycles. The van der Waals surface area contributed by atoms with E-state index in [0.29, 0.717) is 14.7 Å². The molecule has 0 radical (unpaired) electrons. The van der Waals surface area contributed by atoms with Crippen molar-refractivity contribution in [1.82, 2.24) is 20.0 Å². The number of nitrogens with zero attached hydrogens (tertiary/aromatic N) is 3. The quantitative estimate of drug-likeness (QED) is 0.188. The van der Waals surface area contributed by atoms with Gasteiger partial charge < -0.3 is 25.7 Å². The Morgan fingerprint density at radius 1 is 1.09 bits per heavy atom. The molecule has 22 heavy (non-hydrogen) atoms. The van der Waals surface area contributed by atoms with E-state index in [9.17, 15) is 14.4 Å². The van der Waals surface area contributed by atoms with E-state index in [-0.39, 0.29) is 88.7 Å². The summed E-state index contributed by atoms with van der Waals surface area (Å²) in [6.07, 6.45) is -1.60. The molecule has 0 aromatic carbocycles. The third-order valence-corrected chi connectivity index (χ3v) is 2.49. The Hall–Kier alpha value is 1.05. The second-order valence-electron chi connectivity index (χ2n) is 3.43. The van der Waals surface area contributed by atoms with Crippen LogP contribution >= 0.6 is 0 Å². The topological polar surface area (TPSA) is 154 Å². The standard InChI is InChI=1S/C8H14N4O7.3Na.3H/c13-1-9-7(18)10(2-14)5-6(17)12(4-16)8(19)11(5)3-15;;;;;;/h5,13-16H,1-4H2,(H,9,18);;;;;;. The van der Waals surface area contributed by atoms with Crippen LogP contribution in [-0.4, -0.2) is 175 Å². The molecule has 1 fully saturated rings. The van der Waals surface area contributed by atoms with E-state index in [1.54, 1.807) is 0 Å². The van der Waals surface area contributed by atoms with E-state index in [4.69, 9.17) is 20.4 Å². The number of urea groups is 2. The third kappa shape index (κ3) is 5.84. The number of carbonyl (C=O) groups excluding carboxylic acids is 3. The molecular weight excluding hydrogens is 333 g/mol. The number of carbonyl (C=O) groups is 3. The zero-order valence-corrected chi connectivity index (χ0v) is 9.76. The van der Waals surface area contributed by atoms with Gasteiger partial charge in [-0.1, -0.05) is 0 Å². The van der Waals surface area contributed by atoms with E-state index in [2.05, 4.69) is 0 Å². The van der Waals surface area contributed by atoms with Crippen LogP contribution in [0.4, 0.5) is 9.59 Å². The number of hydrogen-bond donors (Lipinski definition) is 5. The van der Waals surface area contributed by atoms with Gasteiger partial charge in [0.15, 0.2) is 6.17 Å². The predicted molar refractivity (Wildman–Crippen MR) is 78.0 cm³/mol. The van der Waals surface area contributed by atoms with Crippen LogP contribution in [0.3, 0.4) is 0 Å². The van der Waals surface area contributed by atoms with Gasteiger partial charge in [0.1, 0.15) is 26.9 Å². The van der Waals surface area contributed by atoms with Crippen LogP contribution in [0.5, 0.6) is 0 Å². The van der Waals surface area contributed by atoms with Crippen LogP contribution in [-0.2, 0) is 4.79 Å². The fraction of sp³-hybridized carbons (Fsp3) is 0.625. The molecule has 0 bridgehead atoms. The molecule has 1 aliphatic rings. The number of rotatable bonds is 5. The molecule has 0 spiro atoms. The van der Waals surface area contributed by atoms with E-state index in [1.165, 1.54) is 0 Å². The second-order valence-corrected chi connectivity index (χ2v) is 3.43. The molecule has 114 valence electrons. The van der Waals surface area contributed by atoms with E-state index in [1.807, 2.05) is 5.32 Å². The maximum atomic E-state index is 11.8. The second kappa shape index (κ2) is 13.4. The van der Waals surface area contributed by atoms with Gasteiger partial charge in [-0.3, -0.25) is 14.6 Å². The van der Waals surface area contributed by atoms with Gasteiger partial charge in [0.05, 0.1) is 0 Å². The summed E-state index contributed by atoms with van der Waals surface area (Å²) in [5.74, 6) is -0.983. The molecule has 0 aromatic rings. The van der Waals surface area contributed by atoms with Gasteiger partial charge in [-0.05, 0) is 0 Å². The van der Waals surface area contributed by atoms with Gasteiger partial charge in [-0.25, -0.2) is 14.5 Å². The predicted octanol–water partition coefficient (Wildman–Crippen LogP) is -5.56. The average molecular weight is 350 g/mol. The molecule has 0 aromatic heterocycles. The van der Waals surface area contributed by atoms with E-state index in [0.717, 1.165) is 0 Å². The van der Waals surface area contributed by atoms with Crippen LogP contribution in [0.2, 0.25) is 0 Å². The van der Waals surface area contributed by atoms with Crippen molar-refractivity contribution in [3.05, 3.63) is 0 Å². The van der Waals surface area contributed by atoms with Crippen LogP contribution < -0.4 is 5.32 Å².